The predicted molar refractivity (Wildman–Crippen MR) is 84.7 cm³/mol. The van der Waals surface area contributed by atoms with Crippen LogP contribution in [0.5, 0.6) is 0 Å². The van der Waals surface area contributed by atoms with Gasteiger partial charge in [0.2, 0.25) is 11.8 Å². The Bertz CT molecular complexity index is 681. The minimum absolute atomic E-state index is 0.104. The summed E-state index contributed by atoms with van der Waals surface area (Å²) in [6.45, 7) is 2.85. The molecule has 7 nitrogen and oxygen atoms in total. The van der Waals surface area contributed by atoms with E-state index in [0.29, 0.717) is 13.0 Å². The molecule has 0 saturated carbocycles. The van der Waals surface area contributed by atoms with E-state index >= 15 is 0 Å². The molecule has 23 heavy (non-hydrogen) atoms. The van der Waals surface area contributed by atoms with Crippen LogP contribution >= 0.6 is 0 Å². The fourth-order valence-corrected chi connectivity index (χ4v) is 2.77. The van der Waals surface area contributed by atoms with Gasteiger partial charge in [-0.1, -0.05) is 12.1 Å². The van der Waals surface area contributed by atoms with E-state index < -0.39 is 0 Å². The molecule has 0 aliphatic carbocycles. The maximum atomic E-state index is 12.4. The van der Waals surface area contributed by atoms with Crippen molar-refractivity contribution in [1.29, 1.82) is 0 Å². The summed E-state index contributed by atoms with van der Waals surface area (Å²) in [5.74, 6) is -0.00361. The van der Waals surface area contributed by atoms with Crippen molar-refractivity contribution >= 4 is 17.5 Å². The van der Waals surface area contributed by atoms with Crippen molar-refractivity contribution < 1.29 is 9.59 Å². The van der Waals surface area contributed by atoms with Crippen LogP contribution in [0.15, 0.2) is 36.7 Å². The van der Waals surface area contributed by atoms with E-state index in [4.69, 9.17) is 0 Å². The van der Waals surface area contributed by atoms with Crippen molar-refractivity contribution in [3.63, 3.8) is 0 Å². The van der Waals surface area contributed by atoms with Gasteiger partial charge in [-0.25, -0.2) is 0 Å². The standard InChI is InChI=1S/C16H19N5O2/c1-12(22)19-14-4-2-13(3-5-14)10-16(23)20-9-6-15(11-20)21-17-7-8-18-21/h2-5,7-8,15H,6,9-11H2,1H3,(H,19,22). The third-order valence-corrected chi connectivity index (χ3v) is 3.91. The molecule has 1 N–H and O–H groups in total. The average molecular weight is 313 g/mol. The summed E-state index contributed by atoms with van der Waals surface area (Å²) in [6, 6.07) is 7.52. The van der Waals surface area contributed by atoms with Crippen molar-refractivity contribution in [2.75, 3.05) is 18.4 Å². The van der Waals surface area contributed by atoms with E-state index in [1.54, 1.807) is 17.2 Å². The second-order valence-corrected chi connectivity index (χ2v) is 5.69. The van der Waals surface area contributed by atoms with E-state index in [9.17, 15) is 9.59 Å². The first-order valence-corrected chi connectivity index (χ1v) is 7.62. The Labute approximate surface area is 134 Å². The molecule has 1 aromatic carbocycles. The summed E-state index contributed by atoms with van der Waals surface area (Å²) >= 11 is 0. The summed E-state index contributed by atoms with van der Waals surface area (Å²) in [4.78, 5) is 26.9. The molecule has 2 aromatic rings. The highest BCUT2D eigenvalue weighted by Crippen LogP contribution is 2.20. The SMILES string of the molecule is CC(=O)Nc1ccc(CC(=O)N2CCC(n3nccn3)C2)cc1. The zero-order valence-electron chi connectivity index (χ0n) is 13.0. The number of hydrogen-bond donors (Lipinski definition) is 1. The number of amides is 2. The highest BCUT2D eigenvalue weighted by Gasteiger charge is 2.28. The number of anilines is 1. The number of aromatic nitrogens is 3. The topological polar surface area (TPSA) is 80.1 Å². The van der Waals surface area contributed by atoms with Crippen LogP contribution in [0, 0.1) is 0 Å². The number of nitrogens with zero attached hydrogens (tertiary/aromatic N) is 4. The lowest BCUT2D eigenvalue weighted by Crippen LogP contribution is -2.30. The zero-order chi connectivity index (χ0) is 16.2. The van der Waals surface area contributed by atoms with E-state index in [-0.39, 0.29) is 17.9 Å². The summed E-state index contributed by atoms with van der Waals surface area (Å²) < 4.78 is 0. The van der Waals surface area contributed by atoms with Crippen LogP contribution in [-0.4, -0.2) is 44.8 Å². The van der Waals surface area contributed by atoms with E-state index in [1.807, 2.05) is 29.2 Å². The van der Waals surface area contributed by atoms with Crippen LogP contribution in [-0.2, 0) is 16.0 Å². The van der Waals surface area contributed by atoms with Gasteiger partial charge in [-0.3, -0.25) is 9.59 Å². The third-order valence-electron chi connectivity index (χ3n) is 3.91. The Morgan fingerprint density at radius 1 is 1.22 bits per heavy atom. The molecule has 7 heteroatoms. The largest absolute Gasteiger partial charge is 0.340 e. The van der Waals surface area contributed by atoms with E-state index in [0.717, 1.165) is 24.2 Å². The Morgan fingerprint density at radius 2 is 1.91 bits per heavy atom. The molecule has 0 radical (unpaired) electrons. The molecule has 1 aliphatic rings. The highest BCUT2D eigenvalue weighted by molar-refractivity contribution is 5.88. The summed E-state index contributed by atoms with van der Waals surface area (Å²) in [6.07, 6.45) is 4.55. The molecule has 1 aliphatic heterocycles. The zero-order valence-corrected chi connectivity index (χ0v) is 13.0. The molecule has 1 fully saturated rings. The second kappa shape index (κ2) is 6.60. The first-order chi connectivity index (χ1) is 11.1. The maximum absolute atomic E-state index is 12.4. The maximum Gasteiger partial charge on any atom is 0.227 e. The number of hydrogen-bond acceptors (Lipinski definition) is 4. The lowest BCUT2D eigenvalue weighted by Gasteiger charge is -2.16. The number of carbonyl (C=O) groups excluding carboxylic acids is 2. The lowest BCUT2D eigenvalue weighted by molar-refractivity contribution is -0.129. The molecule has 120 valence electrons. The van der Waals surface area contributed by atoms with Crippen molar-refractivity contribution in [3.05, 3.63) is 42.2 Å². The van der Waals surface area contributed by atoms with Crippen LogP contribution in [0.2, 0.25) is 0 Å². The molecule has 2 heterocycles. The van der Waals surface area contributed by atoms with Crippen molar-refractivity contribution in [2.24, 2.45) is 0 Å². The van der Waals surface area contributed by atoms with Gasteiger partial charge in [-0.15, -0.1) is 0 Å². The van der Waals surface area contributed by atoms with Gasteiger partial charge in [-0.05, 0) is 24.1 Å². The molecule has 2 amide bonds. The third kappa shape index (κ3) is 3.74. The molecular formula is C16H19N5O2. The van der Waals surface area contributed by atoms with Gasteiger partial charge in [-0.2, -0.15) is 15.0 Å². The predicted octanol–water partition coefficient (Wildman–Crippen LogP) is 1.25. The Balaban J connectivity index is 1.56. The normalized spacial score (nSPS) is 17.3. The molecule has 0 spiro atoms. The quantitative estimate of drug-likeness (QED) is 0.921. The van der Waals surface area contributed by atoms with Crippen LogP contribution < -0.4 is 5.32 Å². The van der Waals surface area contributed by atoms with Gasteiger partial charge in [0.25, 0.3) is 0 Å². The molecule has 1 saturated heterocycles. The number of nitrogens with one attached hydrogen (secondary N) is 1. The van der Waals surface area contributed by atoms with Gasteiger partial charge in [0, 0.05) is 25.7 Å². The number of rotatable bonds is 4. The van der Waals surface area contributed by atoms with Crippen molar-refractivity contribution in [3.8, 4) is 0 Å². The monoisotopic (exact) mass is 313 g/mol. The molecule has 1 atom stereocenters. The van der Waals surface area contributed by atoms with Crippen molar-refractivity contribution in [2.45, 2.75) is 25.8 Å². The highest BCUT2D eigenvalue weighted by atomic mass is 16.2. The van der Waals surface area contributed by atoms with Gasteiger partial charge in [0.15, 0.2) is 0 Å². The van der Waals surface area contributed by atoms with Gasteiger partial charge < -0.3 is 10.2 Å². The first-order valence-electron chi connectivity index (χ1n) is 7.62. The van der Waals surface area contributed by atoms with Crippen LogP contribution in [0.3, 0.4) is 0 Å². The molecule has 3 rings (SSSR count). The smallest absolute Gasteiger partial charge is 0.227 e. The number of likely N-dealkylation sites (tertiary alicyclic amines) is 1. The molecule has 1 unspecified atom stereocenters. The fourth-order valence-electron chi connectivity index (χ4n) is 2.77. The summed E-state index contributed by atoms with van der Waals surface area (Å²) in [5, 5.41) is 11.0. The fraction of sp³-hybridized carbons (Fsp3) is 0.375. The number of carbonyl (C=O) groups is 2. The molecule has 1 aromatic heterocycles. The first kappa shape index (κ1) is 15.2. The minimum atomic E-state index is -0.107. The van der Waals surface area contributed by atoms with E-state index in [1.165, 1.54) is 6.92 Å². The Hall–Kier alpha value is -2.70. The minimum Gasteiger partial charge on any atom is -0.340 e. The summed E-state index contributed by atoms with van der Waals surface area (Å²) in [7, 11) is 0. The van der Waals surface area contributed by atoms with Gasteiger partial charge in [0.1, 0.15) is 0 Å². The van der Waals surface area contributed by atoms with Crippen LogP contribution in [0.1, 0.15) is 24.9 Å². The lowest BCUT2D eigenvalue weighted by atomic mass is 10.1. The van der Waals surface area contributed by atoms with Gasteiger partial charge >= 0.3 is 0 Å². The van der Waals surface area contributed by atoms with Crippen LogP contribution in [0.25, 0.3) is 0 Å². The average Bonchev–Trinajstić information content (AvgIpc) is 3.19. The Morgan fingerprint density at radius 3 is 2.57 bits per heavy atom. The van der Waals surface area contributed by atoms with E-state index in [2.05, 4.69) is 15.5 Å². The van der Waals surface area contributed by atoms with Crippen molar-refractivity contribution in [1.82, 2.24) is 19.9 Å². The number of benzene rings is 1. The molecule has 0 bridgehead atoms. The Kier molecular flexibility index (Phi) is 4.36. The summed E-state index contributed by atoms with van der Waals surface area (Å²) in [5.41, 5.74) is 1.67. The second-order valence-electron chi connectivity index (χ2n) is 5.69. The molecular weight excluding hydrogens is 294 g/mol. The van der Waals surface area contributed by atoms with Gasteiger partial charge in [0.05, 0.1) is 24.9 Å². The van der Waals surface area contributed by atoms with Crippen LogP contribution in [0.4, 0.5) is 5.69 Å².